The molecule has 0 spiro atoms. The Labute approximate surface area is 162 Å². The second-order valence-corrected chi connectivity index (χ2v) is 8.56. The second kappa shape index (κ2) is 7.65. The molecule has 1 unspecified atom stereocenters. The summed E-state index contributed by atoms with van der Waals surface area (Å²) in [6.07, 6.45) is 3.71. The lowest BCUT2D eigenvalue weighted by Crippen LogP contribution is -2.47. The number of hydrogen-bond donors (Lipinski definition) is 1. The van der Waals surface area contributed by atoms with Gasteiger partial charge in [0, 0.05) is 35.9 Å². The molecule has 1 aliphatic heterocycles. The van der Waals surface area contributed by atoms with Crippen LogP contribution in [-0.4, -0.2) is 30.4 Å². The summed E-state index contributed by atoms with van der Waals surface area (Å²) < 4.78 is 8.67. The van der Waals surface area contributed by atoms with E-state index in [2.05, 4.69) is 73.1 Å². The Balaban J connectivity index is 1.80. The van der Waals surface area contributed by atoms with Crippen LogP contribution in [0.1, 0.15) is 39.2 Å². The molecule has 0 radical (unpaired) electrons. The number of nitrogens with one attached hydrogen (secondary N) is 1. The van der Waals surface area contributed by atoms with Crippen molar-refractivity contribution in [2.24, 2.45) is 5.41 Å². The Morgan fingerprint density at radius 2 is 1.93 bits per heavy atom. The van der Waals surface area contributed by atoms with Gasteiger partial charge in [-0.15, -0.1) is 0 Å². The van der Waals surface area contributed by atoms with Gasteiger partial charge in [0.25, 0.3) is 0 Å². The molecule has 1 saturated heterocycles. The molecule has 1 aromatic heterocycles. The van der Waals surface area contributed by atoms with Gasteiger partial charge in [-0.3, -0.25) is 0 Å². The number of unbranched alkanes of at least 4 members (excludes halogenated alkanes) is 1. The van der Waals surface area contributed by atoms with Crippen molar-refractivity contribution in [1.29, 1.82) is 0 Å². The SMILES string of the molecule is CCCCn1c2ccccc2c2cccc(CC(C)(C)C3CNCCO3)c21. The van der Waals surface area contributed by atoms with Gasteiger partial charge in [0.2, 0.25) is 0 Å². The van der Waals surface area contributed by atoms with E-state index >= 15 is 0 Å². The van der Waals surface area contributed by atoms with Gasteiger partial charge in [-0.2, -0.15) is 0 Å². The number of aromatic nitrogens is 1. The average molecular weight is 365 g/mol. The summed E-state index contributed by atoms with van der Waals surface area (Å²) in [6, 6.07) is 15.7. The monoisotopic (exact) mass is 364 g/mol. The number of morpholine rings is 1. The summed E-state index contributed by atoms with van der Waals surface area (Å²) >= 11 is 0. The molecule has 2 heterocycles. The number of benzene rings is 2. The fourth-order valence-corrected chi connectivity index (χ4v) is 4.55. The molecule has 0 saturated carbocycles. The second-order valence-electron chi connectivity index (χ2n) is 8.56. The van der Waals surface area contributed by atoms with Gasteiger partial charge in [-0.25, -0.2) is 0 Å². The van der Waals surface area contributed by atoms with E-state index in [9.17, 15) is 0 Å². The molecule has 3 aromatic rings. The number of para-hydroxylation sites is 2. The number of fused-ring (bicyclic) bond motifs is 3. The van der Waals surface area contributed by atoms with Crippen LogP contribution in [0.4, 0.5) is 0 Å². The summed E-state index contributed by atoms with van der Waals surface area (Å²) in [4.78, 5) is 0. The van der Waals surface area contributed by atoms with Crippen LogP contribution in [0.2, 0.25) is 0 Å². The Kier molecular flexibility index (Phi) is 5.25. The van der Waals surface area contributed by atoms with E-state index < -0.39 is 0 Å². The van der Waals surface area contributed by atoms with Crippen molar-refractivity contribution in [1.82, 2.24) is 9.88 Å². The number of aryl methyl sites for hydroxylation is 1. The minimum atomic E-state index is 0.0910. The van der Waals surface area contributed by atoms with Gasteiger partial charge in [0.1, 0.15) is 0 Å². The van der Waals surface area contributed by atoms with E-state index in [1.807, 2.05) is 0 Å². The smallest absolute Gasteiger partial charge is 0.0754 e. The zero-order valence-electron chi connectivity index (χ0n) is 16.9. The maximum atomic E-state index is 6.11. The third-order valence-corrected chi connectivity index (χ3v) is 6.06. The lowest BCUT2D eigenvalue weighted by molar-refractivity contribution is -0.0432. The summed E-state index contributed by atoms with van der Waals surface area (Å²) in [7, 11) is 0. The molecular formula is C24H32N2O. The maximum absolute atomic E-state index is 6.11. The highest BCUT2D eigenvalue weighted by Gasteiger charge is 2.32. The topological polar surface area (TPSA) is 26.2 Å². The molecule has 0 aliphatic carbocycles. The number of hydrogen-bond acceptors (Lipinski definition) is 2. The molecule has 0 amide bonds. The van der Waals surface area contributed by atoms with Gasteiger partial charge >= 0.3 is 0 Å². The van der Waals surface area contributed by atoms with Gasteiger partial charge < -0.3 is 14.6 Å². The lowest BCUT2D eigenvalue weighted by atomic mass is 9.79. The molecule has 4 rings (SSSR count). The molecule has 3 heteroatoms. The van der Waals surface area contributed by atoms with Crippen molar-refractivity contribution < 1.29 is 4.74 Å². The van der Waals surface area contributed by atoms with E-state index in [0.29, 0.717) is 0 Å². The van der Waals surface area contributed by atoms with Crippen LogP contribution < -0.4 is 5.32 Å². The summed E-state index contributed by atoms with van der Waals surface area (Å²) in [5.74, 6) is 0. The molecule has 1 aliphatic rings. The van der Waals surface area contributed by atoms with Crippen LogP contribution in [-0.2, 0) is 17.7 Å². The van der Waals surface area contributed by atoms with Gasteiger partial charge in [-0.05, 0) is 29.9 Å². The molecule has 3 nitrogen and oxygen atoms in total. The van der Waals surface area contributed by atoms with E-state index in [-0.39, 0.29) is 11.5 Å². The van der Waals surface area contributed by atoms with E-state index in [1.165, 1.54) is 40.2 Å². The summed E-state index contributed by atoms with van der Waals surface area (Å²) in [6.45, 7) is 10.8. The zero-order valence-corrected chi connectivity index (χ0v) is 16.9. The van der Waals surface area contributed by atoms with Gasteiger partial charge in [0.05, 0.1) is 18.2 Å². The third kappa shape index (κ3) is 3.51. The Morgan fingerprint density at radius 1 is 1.11 bits per heavy atom. The molecule has 1 fully saturated rings. The van der Waals surface area contributed by atoms with Crippen molar-refractivity contribution in [3.8, 4) is 0 Å². The maximum Gasteiger partial charge on any atom is 0.0754 e. The van der Waals surface area contributed by atoms with Gasteiger partial charge in [0.15, 0.2) is 0 Å². The average Bonchev–Trinajstić information content (AvgIpc) is 3.02. The number of ether oxygens (including phenoxy) is 1. The van der Waals surface area contributed by atoms with Crippen LogP contribution in [0.5, 0.6) is 0 Å². The Hall–Kier alpha value is -1.84. The molecule has 27 heavy (non-hydrogen) atoms. The van der Waals surface area contributed by atoms with Crippen molar-refractivity contribution in [2.75, 3.05) is 19.7 Å². The van der Waals surface area contributed by atoms with E-state index in [4.69, 9.17) is 4.74 Å². The molecule has 0 bridgehead atoms. The largest absolute Gasteiger partial charge is 0.375 e. The minimum Gasteiger partial charge on any atom is -0.375 e. The highest BCUT2D eigenvalue weighted by molar-refractivity contribution is 6.09. The molecule has 2 aromatic carbocycles. The van der Waals surface area contributed by atoms with Gasteiger partial charge in [-0.1, -0.05) is 63.6 Å². The highest BCUT2D eigenvalue weighted by atomic mass is 16.5. The predicted molar refractivity (Wildman–Crippen MR) is 114 cm³/mol. The van der Waals surface area contributed by atoms with Crippen LogP contribution in [0.25, 0.3) is 21.8 Å². The van der Waals surface area contributed by atoms with E-state index in [1.54, 1.807) is 0 Å². The fraction of sp³-hybridized carbons (Fsp3) is 0.500. The fourth-order valence-electron chi connectivity index (χ4n) is 4.55. The molecular weight excluding hydrogens is 332 g/mol. The number of nitrogens with zero attached hydrogens (tertiary/aromatic N) is 1. The summed E-state index contributed by atoms with van der Waals surface area (Å²) in [5.41, 5.74) is 4.32. The Bertz CT molecular complexity index is 919. The predicted octanol–water partition coefficient (Wildman–Crippen LogP) is 5.15. The van der Waals surface area contributed by atoms with Crippen molar-refractivity contribution in [3.05, 3.63) is 48.0 Å². The van der Waals surface area contributed by atoms with Crippen LogP contribution in [0.15, 0.2) is 42.5 Å². The normalized spacial score (nSPS) is 18.4. The minimum absolute atomic E-state index is 0.0910. The summed E-state index contributed by atoms with van der Waals surface area (Å²) in [5, 5.41) is 6.26. The van der Waals surface area contributed by atoms with Crippen LogP contribution >= 0.6 is 0 Å². The first-order valence-corrected chi connectivity index (χ1v) is 10.4. The van der Waals surface area contributed by atoms with Crippen molar-refractivity contribution >= 4 is 21.8 Å². The van der Waals surface area contributed by atoms with E-state index in [0.717, 1.165) is 32.7 Å². The number of rotatable bonds is 6. The van der Waals surface area contributed by atoms with Crippen LogP contribution in [0.3, 0.4) is 0 Å². The first kappa shape index (κ1) is 18.5. The Morgan fingerprint density at radius 3 is 2.70 bits per heavy atom. The highest BCUT2D eigenvalue weighted by Crippen LogP contribution is 2.36. The third-order valence-electron chi connectivity index (χ3n) is 6.06. The standard InChI is InChI=1S/C24H32N2O/c1-4-5-14-26-21-12-7-6-10-19(21)20-11-8-9-18(23(20)26)16-24(2,3)22-17-25-13-15-27-22/h6-12,22,25H,4-5,13-17H2,1-3H3. The first-order valence-electron chi connectivity index (χ1n) is 10.4. The first-order chi connectivity index (χ1) is 13.1. The molecule has 144 valence electrons. The lowest BCUT2D eigenvalue weighted by Gasteiger charge is -2.37. The van der Waals surface area contributed by atoms with Crippen LogP contribution in [0, 0.1) is 5.41 Å². The molecule has 1 atom stereocenters. The quantitative estimate of drug-likeness (QED) is 0.654. The van der Waals surface area contributed by atoms with Crippen molar-refractivity contribution in [2.45, 2.75) is 52.7 Å². The molecule has 1 N–H and O–H groups in total. The zero-order chi connectivity index (χ0) is 18.9. The van der Waals surface area contributed by atoms with Crippen molar-refractivity contribution in [3.63, 3.8) is 0 Å².